The van der Waals surface area contributed by atoms with Crippen molar-refractivity contribution in [2.24, 2.45) is 0 Å². The van der Waals surface area contributed by atoms with E-state index in [1.165, 1.54) is 5.56 Å². The fraction of sp³-hybridized carbons (Fsp3) is 0.207. The molecule has 2 aromatic carbocycles. The number of aliphatic hydroxyl groups is 1. The molecule has 1 aliphatic rings. The molecule has 188 valence electrons. The highest BCUT2D eigenvalue weighted by molar-refractivity contribution is 5.84. The van der Waals surface area contributed by atoms with Gasteiger partial charge in [0.25, 0.3) is 0 Å². The molecule has 8 nitrogen and oxygen atoms in total. The molecular formula is C29H31N7O. The lowest BCUT2D eigenvalue weighted by Gasteiger charge is -2.27. The van der Waals surface area contributed by atoms with Gasteiger partial charge in [-0.15, -0.1) is 0 Å². The van der Waals surface area contributed by atoms with Gasteiger partial charge in [-0.25, -0.2) is 15.0 Å². The first-order valence-corrected chi connectivity index (χ1v) is 12.4. The number of nitrogens with one attached hydrogen (secondary N) is 1. The number of rotatable bonds is 5. The summed E-state index contributed by atoms with van der Waals surface area (Å²) >= 11 is 0. The van der Waals surface area contributed by atoms with Gasteiger partial charge in [0, 0.05) is 57.3 Å². The smallest absolute Gasteiger partial charge is 0.165 e. The second-order valence-electron chi connectivity index (χ2n) is 8.80. The van der Waals surface area contributed by atoms with Gasteiger partial charge >= 0.3 is 0 Å². The first-order valence-electron chi connectivity index (χ1n) is 12.4. The van der Waals surface area contributed by atoms with Crippen LogP contribution in [0, 0.1) is 0 Å². The number of pyridine rings is 2. The average Bonchev–Trinajstić information content (AvgIpc) is 3.34. The summed E-state index contributed by atoms with van der Waals surface area (Å²) in [6.07, 6.45) is 1.70. The molecular weight excluding hydrogens is 462 g/mol. The third kappa shape index (κ3) is 5.22. The summed E-state index contributed by atoms with van der Waals surface area (Å²) < 4.78 is 2.09. The molecule has 1 aliphatic heterocycles. The molecule has 0 aliphatic carbocycles. The number of piperazine rings is 1. The van der Waals surface area contributed by atoms with E-state index in [4.69, 9.17) is 20.8 Å². The zero-order valence-corrected chi connectivity index (χ0v) is 20.9. The zero-order valence-electron chi connectivity index (χ0n) is 20.9. The number of benzene rings is 2. The highest BCUT2D eigenvalue weighted by Crippen LogP contribution is 2.31. The van der Waals surface area contributed by atoms with E-state index in [0.717, 1.165) is 79.3 Å². The van der Waals surface area contributed by atoms with Crippen molar-refractivity contribution in [2.75, 3.05) is 39.0 Å². The number of nitrogens with zero attached hydrogens (tertiary/aromatic N) is 5. The number of anilines is 1. The van der Waals surface area contributed by atoms with Crippen LogP contribution in [-0.4, -0.2) is 62.8 Å². The van der Waals surface area contributed by atoms with Gasteiger partial charge in [-0.05, 0) is 42.0 Å². The van der Waals surface area contributed by atoms with E-state index in [1.54, 1.807) is 6.20 Å². The summed E-state index contributed by atoms with van der Waals surface area (Å²) in [5, 5.41) is 10.4. The summed E-state index contributed by atoms with van der Waals surface area (Å²) in [6.45, 7) is 5.19. The second kappa shape index (κ2) is 11.3. The van der Waals surface area contributed by atoms with Crippen molar-refractivity contribution in [2.45, 2.75) is 6.54 Å². The Bertz CT molecular complexity index is 1460. The monoisotopic (exact) mass is 493 g/mol. The maximum absolute atomic E-state index is 7.00. The first kappa shape index (κ1) is 24.6. The molecule has 0 bridgehead atoms. The van der Waals surface area contributed by atoms with E-state index >= 15 is 0 Å². The normalized spacial score (nSPS) is 13.8. The lowest BCUT2D eigenvalue weighted by Crippen LogP contribution is -2.42. The highest BCUT2D eigenvalue weighted by atomic mass is 16.2. The Kier molecular flexibility index (Phi) is 7.51. The minimum atomic E-state index is 0.447. The molecule has 0 atom stereocenters. The van der Waals surface area contributed by atoms with Crippen LogP contribution in [0.25, 0.3) is 39.5 Å². The molecule has 0 spiro atoms. The summed E-state index contributed by atoms with van der Waals surface area (Å²) in [5.41, 5.74) is 12.9. The van der Waals surface area contributed by atoms with Crippen LogP contribution in [0.1, 0.15) is 5.56 Å². The number of fused-ring (bicyclic) bond motifs is 1. The molecule has 8 heteroatoms. The minimum absolute atomic E-state index is 0.447. The molecule has 37 heavy (non-hydrogen) atoms. The van der Waals surface area contributed by atoms with Crippen LogP contribution in [0.5, 0.6) is 0 Å². The Balaban J connectivity index is 0.00000137. The number of imidazole rings is 1. The van der Waals surface area contributed by atoms with Gasteiger partial charge in [0.2, 0.25) is 0 Å². The topological polar surface area (TPSA) is 105 Å². The van der Waals surface area contributed by atoms with Crippen molar-refractivity contribution in [3.8, 4) is 28.3 Å². The van der Waals surface area contributed by atoms with Crippen LogP contribution in [0.3, 0.4) is 0 Å². The van der Waals surface area contributed by atoms with Crippen molar-refractivity contribution >= 4 is 17.0 Å². The molecule has 3 aromatic heterocycles. The Hall–Kier alpha value is -4.11. The first-order chi connectivity index (χ1) is 18.3. The number of aliphatic hydroxyl groups excluding tert-OH is 1. The summed E-state index contributed by atoms with van der Waals surface area (Å²) in [5.74, 6) is 1.18. The lowest BCUT2D eigenvalue weighted by atomic mass is 10.1. The molecule has 4 N–H and O–H groups in total. The van der Waals surface area contributed by atoms with E-state index < -0.39 is 0 Å². The fourth-order valence-electron chi connectivity index (χ4n) is 4.64. The quantitative estimate of drug-likeness (QED) is 0.342. The highest BCUT2D eigenvalue weighted by Gasteiger charge is 2.19. The Morgan fingerprint density at radius 1 is 0.865 bits per heavy atom. The van der Waals surface area contributed by atoms with Crippen LogP contribution < -0.4 is 11.1 Å². The standard InChI is InChI=1S/C28H27N7.CH4O/c29-26-23(7-4-14-31-26)27-33-25-13-12-24(21-5-2-1-3-6-21)32-28(25)35(27)22-10-8-20(9-11-22)19-34-17-15-30-16-18-34;1-2/h1-14,30H,15-19H2,(H2,29,31);2H,1H3. The van der Waals surface area contributed by atoms with E-state index in [-0.39, 0.29) is 0 Å². The Morgan fingerprint density at radius 3 is 2.35 bits per heavy atom. The Labute approximate surface area is 216 Å². The van der Waals surface area contributed by atoms with Crippen LogP contribution in [-0.2, 0) is 6.54 Å². The van der Waals surface area contributed by atoms with Crippen LogP contribution >= 0.6 is 0 Å². The summed E-state index contributed by atoms with van der Waals surface area (Å²) in [4.78, 5) is 16.8. The average molecular weight is 494 g/mol. The van der Waals surface area contributed by atoms with Gasteiger partial charge in [-0.3, -0.25) is 9.47 Å². The van der Waals surface area contributed by atoms with Gasteiger partial charge < -0.3 is 16.2 Å². The third-order valence-corrected chi connectivity index (χ3v) is 6.46. The molecule has 6 rings (SSSR count). The molecule has 0 unspecified atom stereocenters. The number of nitrogen functional groups attached to an aromatic ring is 1. The molecule has 0 saturated carbocycles. The van der Waals surface area contributed by atoms with E-state index in [9.17, 15) is 0 Å². The lowest BCUT2D eigenvalue weighted by molar-refractivity contribution is 0.233. The van der Waals surface area contributed by atoms with E-state index in [1.807, 2.05) is 42.5 Å². The number of hydrogen-bond acceptors (Lipinski definition) is 7. The van der Waals surface area contributed by atoms with Crippen LogP contribution in [0.4, 0.5) is 5.82 Å². The zero-order chi connectivity index (χ0) is 25.6. The molecule has 0 radical (unpaired) electrons. The van der Waals surface area contributed by atoms with Crippen LogP contribution in [0.2, 0.25) is 0 Å². The number of hydrogen-bond donors (Lipinski definition) is 3. The third-order valence-electron chi connectivity index (χ3n) is 6.46. The van der Waals surface area contributed by atoms with Crippen molar-refractivity contribution in [3.05, 3.63) is 90.6 Å². The largest absolute Gasteiger partial charge is 0.400 e. The molecule has 1 saturated heterocycles. The van der Waals surface area contributed by atoms with E-state index in [0.29, 0.717) is 5.82 Å². The van der Waals surface area contributed by atoms with Gasteiger partial charge in [0.15, 0.2) is 11.5 Å². The molecule has 1 fully saturated rings. The van der Waals surface area contributed by atoms with Gasteiger partial charge in [-0.1, -0.05) is 42.5 Å². The molecule has 5 aromatic rings. The van der Waals surface area contributed by atoms with Gasteiger partial charge in [0.05, 0.1) is 11.3 Å². The SMILES string of the molecule is CO.Nc1ncccc1-c1nc2ccc(-c3ccccc3)nc2n1-c1ccc(CN2CCNCC2)cc1. The minimum Gasteiger partial charge on any atom is -0.400 e. The maximum atomic E-state index is 7.00. The van der Waals surface area contributed by atoms with E-state index in [2.05, 4.69) is 56.2 Å². The number of aromatic nitrogens is 4. The summed E-state index contributed by atoms with van der Waals surface area (Å²) in [7, 11) is 1.00. The van der Waals surface area contributed by atoms with Crippen molar-refractivity contribution in [1.29, 1.82) is 0 Å². The fourth-order valence-corrected chi connectivity index (χ4v) is 4.64. The maximum Gasteiger partial charge on any atom is 0.165 e. The summed E-state index contributed by atoms with van der Waals surface area (Å²) in [6, 6.07) is 26.8. The van der Waals surface area contributed by atoms with Crippen LogP contribution in [0.15, 0.2) is 85.1 Å². The Morgan fingerprint density at radius 2 is 1.62 bits per heavy atom. The predicted molar refractivity (Wildman–Crippen MR) is 148 cm³/mol. The van der Waals surface area contributed by atoms with Gasteiger partial charge in [0.1, 0.15) is 11.3 Å². The van der Waals surface area contributed by atoms with Crippen molar-refractivity contribution in [1.82, 2.24) is 29.7 Å². The molecule has 0 amide bonds. The second-order valence-corrected chi connectivity index (χ2v) is 8.80. The van der Waals surface area contributed by atoms with Gasteiger partial charge in [-0.2, -0.15) is 0 Å². The number of nitrogens with two attached hydrogens (primary N) is 1. The van der Waals surface area contributed by atoms with Crippen molar-refractivity contribution < 1.29 is 5.11 Å². The predicted octanol–water partition coefficient (Wildman–Crippen LogP) is 3.75. The molecule has 4 heterocycles. The van der Waals surface area contributed by atoms with Crippen molar-refractivity contribution in [3.63, 3.8) is 0 Å².